The molecule has 132 valence electrons. The number of nitrogens with zero attached hydrogens (tertiary/aromatic N) is 1. The van der Waals surface area contributed by atoms with Crippen LogP contribution < -0.4 is 10.6 Å². The molecule has 1 amide bonds. The van der Waals surface area contributed by atoms with Gasteiger partial charge in [0.1, 0.15) is 0 Å². The standard InChI is InChI=1S/C18H21N3O4/c22-15-10-14(11-16(23)17(15)24)18(25)21-9-8-19-6-7-20-12-13-4-2-1-3-5-13/h1-5,10-12,19,22-24H,6-9H2,(H,21,25). The highest BCUT2D eigenvalue weighted by molar-refractivity contribution is 5.95. The topological polar surface area (TPSA) is 114 Å². The van der Waals surface area contributed by atoms with Crippen molar-refractivity contribution in [1.29, 1.82) is 0 Å². The molecule has 0 saturated carbocycles. The van der Waals surface area contributed by atoms with Crippen molar-refractivity contribution >= 4 is 12.1 Å². The summed E-state index contributed by atoms with van der Waals surface area (Å²) in [7, 11) is 0. The Balaban J connectivity index is 1.63. The van der Waals surface area contributed by atoms with Crippen LogP contribution in [-0.2, 0) is 0 Å². The lowest BCUT2D eigenvalue weighted by atomic mass is 10.1. The van der Waals surface area contributed by atoms with Gasteiger partial charge in [0.15, 0.2) is 17.2 Å². The monoisotopic (exact) mass is 343 g/mol. The summed E-state index contributed by atoms with van der Waals surface area (Å²) in [6.07, 6.45) is 1.81. The molecule has 2 aromatic rings. The largest absolute Gasteiger partial charge is 0.504 e. The molecular weight excluding hydrogens is 322 g/mol. The number of carbonyl (C=O) groups excluding carboxylic acids is 1. The first-order valence-electron chi connectivity index (χ1n) is 7.86. The molecular formula is C18H21N3O4. The van der Waals surface area contributed by atoms with E-state index in [2.05, 4.69) is 15.6 Å². The number of nitrogens with one attached hydrogen (secondary N) is 2. The van der Waals surface area contributed by atoms with Gasteiger partial charge in [-0.15, -0.1) is 0 Å². The number of hydrogen-bond donors (Lipinski definition) is 5. The van der Waals surface area contributed by atoms with E-state index in [0.29, 0.717) is 26.2 Å². The van der Waals surface area contributed by atoms with Crippen LogP contribution in [0.15, 0.2) is 47.5 Å². The summed E-state index contributed by atoms with van der Waals surface area (Å²) in [5.74, 6) is -2.18. The molecule has 0 atom stereocenters. The van der Waals surface area contributed by atoms with Gasteiger partial charge in [0.2, 0.25) is 0 Å². The number of aromatic hydroxyl groups is 3. The molecule has 7 heteroatoms. The molecule has 0 saturated heterocycles. The van der Waals surface area contributed by atoms with E-state index in [4.69, 9.17) is 0 Å². The molecule has 0 spiro atoms. The fraction of sp³-hybridized carbons (Fsp3) is 0.222. The van der Waals surface area contributed by atoms with Gasteiger partial charge in [-0.3, -0.25) is 9.79 Å². The first kappa shape index (κ1) is 18.3. The minimum absolute atomic E-state index is 0.0697. The van der Waals surface area contributed by atoms with Crippen molar-refractivity contribution in [1.82, 2.24) is 10.6 Å². The Hall–Kier alpha value is -3.06. The minimum atomic E-state index is -0.644. The summed E-state index contributed by atoms with van der Waals surface area (Å²) in [4.78, 5) is 16.2. The van der Waals surface area contributed by atoms with Crippen molar-refractivity contribution in [2.45, 2.75) is 0 Å². The van der Waals surface area contributed by atoms with E-state index in [9.17, 15) is 20.1 Å². The van der Waals surface area contributed by atoms with E-state index >= 15 is 0 Å². The maximum atomic E-state index is 11.9. The molecule has 5 N–H and O–H groups in total. The highest BCUT2D eigenvalue weighted by Crippen LogP contribution is 2.35. The number of amides is 1. The van der Waals surface area contributed by atoms with Gasteiger partial charge in [-0.05, 0) is 17.7 Å². The Bertz CT molecular complexity index is 709. The highest BCUT2D eigenvalue weighted by atomic mass is 16.3. The van der Waals surface area contributed by atoms with Crippen molar-refractivity contribution < 1.29 is 20.1 Å². The summed E-state index contributed by atoms with van der Waals surface area (Å²) in [6.45, 7) is 2.24. The molecule has 0 fully saturated rings. The average molecular weight is 343 g/mol. The van der Waals surface area contributed by atoms with Gasteiger partial charge in [-0.2, -0.15) is 0 Å². The Morgan fingerprint density at radius 2 is 1.68 bits per heavy atom. The van der Waals surface area contributed by atoms with Gasteiger partial charge in [0, 0.05) is 31.4 Å². The molecule has 0 aliphatic carbocycles. The van der Waals surface area contributed by atoms with E-state index in [0.717, 1.165) is 17.7 Å². The van der Waals surface area contributed by atoms with Crippen molar-refractivity contribution in [3.05, 3.63) is 53.6 Å². The number of aliphatic imine (C=N–C) groups is 1. The van der Waals surface area contributed by atoms with Crippen molar-refractivity contribution in [2.75, 3.05) is 26.2 Å². The second-order valence-electron chi connectivity index (χ2n) is 5.31. The zero-order chi connectivity index (χ0) is 18.1. The molecule has 0 heterocycles. The van der Waals surface area contributed by atoms with Crippen molar-refractivity contribution in [3.8, 4) is 17.2 Å². The Labute approximate surface area is 145 Å². The summed E-state index contributed by atoms with van der Waals surface area (Å²) in [5.41, 5.74) is 1.12. The lowest BCUT2D eigenvalue weighted by Gasteiger charge is -2.08. The van der Waals surface area contributed by atoms with Gasteiger partial charge < -0.3 is 26.0 Å². The number of carbonyl (C=O) groups is 1. The minimum Gasteiger partial charge on any atom is -0.504 e. The lowest BCUT2D eigenvalue weighted by molar-refractivity contribution is 0.0953. The first-order valence-corrected chi connectivity index (χ1v) is 7.86. The molecule has 0 unspecified atom stereocenters. The number of hydrogen-bond acceptors (Lipinski definition) is 6. The van der Waals surface area contributed by atoms with E-state index in [1.165, 1.54) is 0 Å². The second kappa shape index (κ2) is 9.29. The highest BCUT2D eigenvalue weighted by Gasteiger charge is 2.12. The molecule has 0 aliphatic rings. The third kappa shape index (κ3) is 5.82. The van der Waals surface area contributed by atoms with E-state index in [-0.39, 0.29) is 5.56 Å². The average Bonchev–Trinajstić information content (AvgIpc) is 2.62. The third-order valence-electron chi connectivity index (χ3n) is 3.38. The van der Waals surface area contributed by atoms with Crippen LogP contribution in [0.3, 0.4) is 0 Å². The van der Waals surface area contributed by atoms with Crippen LogP contribution >= 0.6 is 0 Å². The molecule has 0 radical (unpaired) electrons. The fourth-order valence-corrected chi connectivity index (χ4v) is 2.08. The van der Waals surface area contributed by atoms with E-state index < -0.39 is 23.2 Å². The Morgan fingerprint density at radius 3 is 2.36 bits per heavy atom. The predicted molar refractivity (Wildman–Crippen MR) is 95.5 cm³/mol. The smallest absolute Gasteiger partial charge is 0.251 e. The van der Waals surface area contributed by atoms with Gasteiger partial charge in [0.05, 0.1) is 6.54 Å². The molecule has 0 aromatic heterocycles. The zero-order valence-corrected chi connectivity index (χ0v) is 13.6. The summed E-state index contributed by atoms with van der Waals surface area (Å²) in [6, 6.07) is 12.0. The maximum absolute atomic E-state index is 11.9. The number of phenolic OH excluding ortho intramolecular Hbond substituents is 3. The number of phenols is 3. The SMILES string of the molecule is O=C(NCCNCCN=Cc1ccccc1)c1cc(O)c(O)c(O)c1. The molecule has 25 heavy (non-hydrogen) atoms. The zero-order valence-electron chi connectivity index (χ0n) is 13.6. The summed E-state index contributed by atoms with van der Waals surface area (Å²) >= 11 is 0. The quantitative estimate of drug-likeness (QED) is 0.281. The summed E-state index contributed by atoms with van der Waals surface area (Å²) < 4.78 is 0. The van der Waals surface area contributed by atoms with Gasteiger partial charge in [-0.1, -0.05) is 30.3 Å². The van der Waals surface area contributed by atoms with Gasteiger partial charge in [0.25, 0.3) is 5.91 Å². The van der Waals surface area contributed by atoms with Crippen LogP contribution in [0.5, 0.6) is 17.2 Å². The Kier molecular flexibility index (Phi) is 6.79. The number of rotatable bonds is 8. The van der Waals surface area contributed by atoms with Crippen LogP contribution in [0, 0.1) is 0 Å². The number of benzene rings is 2. The summed E-state index contributed by atoms with van der Waals surface area (Å²) in [5, 5.41) is 33.8. The fourth-order valence-electron chi connectivity index (χ4n) is 2.08. The molecule has 0 aliphatic heterocycles. The maximum Gasteiger partial charge on any atom is 0.251 e. The molecule has 7 nitrogen and oxygen atoms in total. The second-order valence-corrected chi connectivity index (χ2v) is 5.31. The molecule has 2 rings (SSSR count). The van der Waals surface area contributed by atoms with Crippen LogP contribution in [-0.4, -0.2) is 53.6 Å². The van der Waals surface area contributed by atoms with Crippen LogP contribution in [0.2, 0.25) is 0 Å². The van der Waals surface area contributed by atoms with Crippen molar-refractivity contribution in [3.63, 3.8) is 0 Å². The Morgan fingerprint density at radius 1 is 1.00 bits per heavy atom. The lowest BCUT2D eigenvalue weighted by Crippen LogP contribution is -2.32. The molecule has 0 bridgehead atoms. The predicted octanol–water partition coefficient (Wildman–Crippen LogP) is 1.24. The molecule has 2 aromatic carbocycles. The van der Waals surface area contributed by atoms with Crippen molar-refractivity contribution in [2.24, 2.45) is 4.99 Å². The van der Waals surface area contributed by atoms with Gasteiger partial charge >= 0.3 is 0 Å². The van der Waals surface area contributed by atoms with Crippen LogP contribution in [0.25, 0.3) is 0 Å². The third-order valence-corrected chi connectivity index (χ3v) is 3.38. The van der Waals surface area contributed by atoms with Crippen LogP contribution in [0.1, 0.15) is 15.9 Å². The van der Waals surface area contributed by atoms with Gasteiger partial charge in [-0.25, -0.2) is 0 Å². The van der Waals surface area contributed by atoms with Crippen LogP contribution in [0.4, 0.5) is 0 Å². The first-order chi connectivity index (χ1) is 12.1. The van der Waals surface area contributed by atoms with E-state index in [1.54, 1.807) is 0 Å². The normalized spacial score (nSPS) is 10.9. The van der Waals surface area contributed by atoms with E-state index in [1.807, 2.05) is 36.5 Å².